The molecule has 0 aromatic carbocycles. The van der Waals surface area contributed by atoms with E-state index in [1.165, 1.54) is 21.6 Å². The number of rotatable bonds is 5. The molecule has 1 saturated heterocycles. The first-order valence-corrected chi connectivity index (χ1v) is 8.12. The number of hydrogen-bond donors (Lipinski definition) is 2. The number of aromatic nitrogens is 5. The molecule has 3 atom stereocenters. The maximum atomic E-state index is 12.0. The quantitative estimate of drug-likeness (QED) is 0.640. The molecule has 11 heteroatoms. The van der Waals surface area contributed by atoms with Crippen LogP contribution in [0.2, 0.25) is 0 Å². The van der Waals surface area contributed by atoms with Crippen molar-refractivity contribution in [1.82, 2.24) is 24.5 Å². The molecule has 0 amide bonds. The fourth-order valence-corrected chi connectivity index (χ4v) is 2.72. The van der Waals surface area contributed by atoms with Crippen LogP contribution in [0.15, 0.2) is 22.0 Å². The molecule has 1 fully saturated rings. The molecule has 11 nitrogen and oxygen atoms in total. The molecule has 26 heavy (non-hydrogen) atoms. The van der Waals surface area contributed by atoms with Crippen molar-refractivity contribution in [3.63, 3.8) is 0 Å². The zero-order valence-corrected chi connectivity index (χ0v) is 14.3. The average molecular weight is 365 g/mol. The van der Waals surface area contributed by atoms with Crippen molar-refractivity contribution in [1.29, 1.82) is 0 Å². The molecular formula is C15H19N5O6. The summed E-state index contributed by atoms with van der Waals surface area (Å²) >= 11 is 0. The van der Waals surface area contributed by atoms with Crippen LogP contribution in [0.25, 0.3) is 0 Å². The second-order valence-electron chi connectivity index (χ2n) is 5.96. The maximum absolute atomic E-state index is 12.0. The van der Waals surface area contributed by atoms with Crippen LogP contribution in [0.4, 0.5) is 0 Å². The number of H-pyrrole nitrogens is 1. The summed E-state index contributed by atoms with van der Waals surface area (Å²) < 4.78 is 13.2. The number of nitrogens with zero attached hydrogens (tertiary/aromatic N) is 4. The first-order chi connectivity index (χ1) is 12.4. The van der Waals surface area contributed by atoms with Crippen LogP contribution in [-0.4, -0.2) is 54.4 Å². The van der Waals surface area contributed by atoms with Gasteiger partial charge in [-0.1, -0.05) is 5.21 Å². The Hall–Kier alpha value is -2.79. The highest BCUT2D eigenvalue weighted by molar-refractivity contribution is 5.86. The Labute approximate surface area is 147 Å². The third-order valence-corrected chi connectivity index (χ3v) is 4.05. The number of carbonyl (C=O) groups is 1. The number of aromatic amines is 1. The molecule has 3 rings (SSSR count). The molecule has 1 aliphatic heterocycles. The van der Waals surface area contributed by atoms with E-state index >= 15 is 0 Å². The van der Waals surface area contributed by atoms with E-state index in [4.69, 9.17) is 9.47 Å². The zero-order chi connectivity index (χ0) is 18.8. The van der Waals surface area contributed by atoms with Gasteiger partial charge in [-0.15, -0.1) is 5.10 Å². The van der Waals surface area contributed by atoms with Crippen LogP contribution < -0.4 is 11.2 Å². The van der Waals surface area contributed by atoms with Gasteiger partial charge in [-0.3, -0.25) is 14.3 Å². The van der Waals surface area contributed by atoms with Crippen molar-refractivity contribution >= 4 is 5.97 Å². The first kappa shape index (κ1) is 18.0. The van der Waals surface area contributed by atoms with Crippen LogP contribution >= 0.6 is 0 Å². The van der Waals surface area contributed by atoms with Gasteiger partial charge in [0.25, 0.3) is 5.56 Å². The molecule has 0 saturated carbocycles. The molecule has 0 bridgehead atoms. The maximum Gasteiger partial charge on any atom is 0.360 e. The van der Waals surface area contributed by atoms with E-state index in [9.17, 15) is 19.5 Å². The minimum Gasteiger partial charge on any atom is -0.461 e. The van der Waals surface area contributed by atoms with Gasteiger partial charge in [0.05, 0.1) is 25.5 Å². The van der Waals surface area contributed by atoms with E-state index < -0.39 is 35.7 Å². The van der Waals surface area contributed by atoms with Crippen LogP contribution in [0.5, 0.6) is 0 Å². The lowest BCUT2D eigenvalue weighted by Crippen LogP contribution is -2.33. The van der Waals surface area contributed by atoms with Gasteiger partial charge in [-0.05, 0) is 13.8 Å². The standard InChI is InChI=1S/C15H19N5O6/c1-3-25-14(23)9-6-19(18-17-9)7-11-10(21)4-12(26-11)20-5-8(2)13(22)16-15(20)24/h5-6,10-12,21H,3-4,7H2,1-2H3,(H,16,22,24)/t10-,11+,12+/m0/s1. The SMILES string of the molecule is CCOC(=O)c1cn(C[C@H]2O[C@@H](n3cc(C)c(=O)[nH]c3=O)C[C@@H]2O)nn1. The van der Waals surface area contributed by atoms with E-state index in [2.05, 4.69) is 15.3 Å². The minimum absolute atomic E-state index is 0.0587. The Kier molecular flexibility index (Phi) is 5.00. The van der Waals surface area contributed by atoms with E-state index in [1.54, 1.807) is 13.8 Å². The topological polar surface area (TPSA) is 141 Å². The van der Waals surface area contributed by atoms with E-state index in [1.807, 2.05) is 0 Å². The Morgan fingerprint density at radius 1 is 1.46 bits per heavy atom. The lowest BCUT2D eigenvalue weighted by Gasteiger charge is -2.16. The average Bonchev–Trinajstić information content (AvgIpc) is 3.19. The molecule has 3 heterocycles. The predicted octanol–water partition coefficient (Wildman–Crippen LogP) is -1.04. The van der Waals surface area contributed by atoms with Gasteiger partial charge in [0, 0.05) is 18.2 Å². The minimum atomic E-state index is -0.852. The normalized spacial score (nSPS) is 22.5. The van der Waals surface area contributed by atoms with Crippen molar-refractivity contribution < 1.29 is 19.4 Å². The van der Waals surface area contributed by atoms with Gasteiger partial charge in [-0.25, -0.2) is 14.3 Å². The number of aliphatic hydroxyl groups is 1. The highest BCUT2D eigenvalue weighted by Crippen LogP contribution is 2.28. The summed E-state index contributed by atoms with van der Waals surface area (Å²) in [7, 11) is 0. The van der Waals surface area contributed by atoms with E-state index in [-0.39, 0.29) is 25.3 Å². The Balaban J connectivity index is 1.72. The number of aliphatic hydroxyl groups excluding tert-OH is 1. The van der Waals surface area contributed by atoms with Crippen molar-refractivity contribution in [2.45, 2.75) is 45.2 Å². The largest absolute Gasteiger partial charge is 0.461 e. The molecule has 0 spiro atoms. The summed E-state index contributed by atoms with van der Waals surface area (Å²) in [6.07, 6.45) is 0.749. The third kappa shape index (κ3) is 3.58. The number of carbonyl (C=O) groups excluding carboxylic acids is 1. The highest BCUT2D eigenvalue weighted by atomic mass is 16.5. The van der Waals surface area contributed by atoms with Crippen molar-refractivity contribution in [2.75, 3.05) is 6.61 Å². The first-order valence-electron chi connectivity index (χ1n) is 8.12. The Bertz CT molecular complexity index is 916. The number of ether oxygens (including phenoxy) is 2. The van der Waals surface area contributed by atoms with Crippen molar-refractivity contribution in [2.24, 2.45) is 0 Å². The lowest BCUT2D eigenvalue weighted by atomic mass is 10.2. The molecule has 140 valence electrons. The molecule has 2 aromatic heterocycles. The summed E-state index contributed by atoms with van der Waals surface area (Å²) in [6, 6.07) is 0. The summed E-state index contributed by atoms with van der Waals surface area (Å²) in [5, 5.41) is 17.8. The second-order valence-corrected chi connectivity index (χ2v) is 5.96. The number of nitrogens with one attached hydrogen (secondary N) is 1. The Morgan fingerprint density at radius 2 is 2.23 bits per heavy atom. The lowest BCUT2D eigenvalue weighted by molar-refractivity contribution is -0.0302. The number of hydrogen-bond acceptors (Lipinski definition) is 8. The third-order valence-electron chi connectivity index (χ3n) is 4.05. The second kappa shape index (κ2) is 7.22. The van der Waals surface area contributed by atoms with Crippen LogP contribution in [-0.2, 0) is 16.0 Å². The van der Waals surface area contributed by atoms with Gasteiger partial charge >= 0.3 is 11.7 Å². The number of aryl methyl sites for hydroxylation is 1. The van der Waals surface area contributed by atoms with Gasteiger partial charge in [0.15, 0.2) is 5.69 Å². The smallest absolute Gasteiger partial charge is 0.360 e. The summed E-state index contributed by atoms with van der Waals surface area (Å²) in [5.74, 6) is -0.584. The van der Waals surface area contributed by atoms with Gasteiger partial charge in [-0.2, -0.15) is 0 Å². The Morgan fingerprint density at radius 3 is 2.96 bits per heavy atom. The summed E-state index contributed by atoms with van der Waals surface area (Å²) in [6.45, 7) is 3.63. The van der Waals surface area contributed by atoms with Crippen LogP contribution in [0.3, 0.4) is 0 Å². The monoisotopic (exact) mass is 365 g/mol. The van der Waals surface area contributed by atoms with Gasteiger partial charge in [0.1, 0.15) is 12.3 Å². The zero-order valence-electron chi connectivity index (χ0n) is 14.3. The molecule has 2 aromatic rings. The van der Waals surface area contributed by atoms with Crippen molar-refractivity contribution in [3.8, 4) is 0 Å². The molecule has 2 N–H and O–H groups in total. The fraction of sp³-hybridized carbons (Fsp3) is 0.533. The predicted molar refractivity (Wildman–Crippen MR) is 86.6 cm³/mol. The summed E-state index contributed by atoms with van der Waals surface area (Å²) in [5.41, 5.74) is -0.649. The highest BCUT2D eigenvalue weighted by Gasteiger charge is 2.36. The molecule has 0 aliphatic carbocycles. The fourth-order valence-electron chi connectivity index (χ4n) is 2.72. The van der Waals surface area contributed by atoms with Gasteiger partial charge in [0.2, 0.25) is 0 Å². The van der Waals surface area contributed by atoms with Gasteiger partial charge < -0.3 is 14.6 Å². The molecule has 1 aliphatic rings. The molecule has 0 radical (unpaired) electrons. The number of esters is 1. The van der Waals surface area contributed by atoms with E-state index in [0.29, 0.717) is 5.56 Å². The van der Waals surface area contributed by atoms with Crippen LogP contribution in [0.1, 0.15) is 35.6 Å². The molecular weight excluding hydrogens is 346 g/mol. The van der Waals surface area contributed by atoms with E-state index in [0.717, 1.165) is 0 Å². The van der Waals surface area contributed by atoms with Crippen molar-refractivity contribution in [3.05, 3.63) is 44.5 Å². The molecule has 0 unspecified atom stereocenters. The summed E-state index contributed by atoms with van der Waals surface area (Å²) in [4.78, 5) is 37.2. The van der Waals surface area contributed by atoms with Crippen LogP contribution in [0, 0.1) is 6.92 Å².